The number of alkyl carbamates (subject to hydrolysis) is 1. The molecule has 1 N–H and O–H groups in total. The van der Waals surface area contributed by atoms with Gasteiger partial charge in [0.25, 0.3) is 0 Å². The minimum atomic E-state index is -0.673. The third-order valence-electron chi connectivity index (χ3n) is 3.37. The number of rotatable bonds is 5. The Morgan fingerprint density at radius 3 is 2.74 bits per heavy atom. The summed E-state index contributed by atoms with van der Waals surface area (Å²) in [7, 11) is 0. The zero-order valence-corrected chi connectivity index (χ0v) is 17.1. The van der Waals surface area contributed by atoms with Crippen LogP contribution in [0.1, 0.15) is 26.3 Å². The maximum atomic E-state index is 13.2. The van der Waals surface area contributed by atoms with Crippen LogP contribution in [0.5, 0.6) is 0 Å². The summed E-state index contributed by atoms with van der Waals surface area (Å²) in [6.07, 6.45) is 0.944. The predicted molar refractivity (Wildman–Crippen MR) is 101 cm³/mol. The van der Waals surface area contributed by atoms with Crippen LogP contribution in [0.4, 0.5) is 9.18 Å². The average Bonchev–Trinajstić information content (AvgIpc) is 2.92. The van der Waals surface area contributed by atoms with E-state index in [1.165, 1.54) is 10.9 Å². The third-order valence-corrected chi connectivity index (χ3v) is 3.81. The zero-order chi connectivity index (χ0) is 20.2. The summed E-state index contributed by atoms with van der Waals surface area (Å²) in [5.74, 6) is 0.423. The van der Waals surface area contributed by atoms with Crippen LogP contribution in [0.15, 0.2) is 39.8 Å². The van der Waals surface area contributed by atoms with Gasteiger partial charge in [-0.1, -0.05) is 6.07 Å². The summed E-state index contributed by atoms with van der Waals surface area (Å²) >= 11 is 3.26. The molecule has 0 aliphatic rings. The summed E-state index contributed by atoms with van der Waals surface area (Å²) in [6.45, 7) is 6.75. The molecule has 146 valence electrons. The van der Waals surface area contributed by atoms with Gasteiger partial charge in [0.1, 0.15) is 23.4 Å². The molecule has 0 bridgehead atoms. The second-order valence-electron chi connectivity index (χ2n) is 6.93. The first kappa shape index (κ1) is 20.8. The van der Waals surface area contributed by atoms with E-state index in [0.29, 0.717) is 16.8 Å². The van der Waals surface area contributed by atoms with Crippen molar-refractivity contribution < 1.29 is 13.9 Å². The van der Waals surface area contributed by atoms with Gasteiger partial charge in [0.05, 0.1) is 12.9 Å². The van der Waals surface area contributed by atoms with Crippen molar-refractivity contribution in [3.05, 3.63) is 51.0 Å². The monoisotopic (exact) mass is 441 g/mol. The molecule has 0 saturated heterocycles. The fourth-order valence-electron chi connectivity index (χ4n) is 2.13. The van der Waals surface area contributed by atoms with Gasteiger partial charge in [-0.05, 0) is 55.3 Å². The first-order valence-electron chi connectivity index (χ1n) is 8.12. The van der Waals surface area contributed by atoms with Crippen molar-refractivity contribution in [3.8, 4) is 5.82 Å². The van der Waals surface area contributed by atoms with Crippen LogP contribution in [0.2, 0.25) is 0 Å². The van der Waals surface area contributed by atoms with E-state index in [1.54, 1.807) is 26.8 Å². The molecule has 0 fully saturated rings. The highest BCUT2D eigenvalue weighted by atomic mass is 79.9. The van der Waals surface area contributed by atoms with Gasteiger partial charge >= 0.3 is 11.8 Å². The number of carbonyl (C=O) groups excluding carboxylic acids is 1. The molecule has 2 heterocycles. The maximum Gasteiger partial charge on any atom is 0.407 e. The van der Waals surface area contributed by atoms with E-state index in [2.05, 4.69) is 31.3 Å². The molecule has 1 amide bonds. The van der Waals surface area contributed by atoms with E-state index < -0.39 is 17.3 Å². The molecule has 10 heteroatoms. The van der Waals surface area contributed by atoms with Crippen molar-refractivity contribution in [2.24, 2.45) is 0 Å². The lowest BCUT2D eigenvalue weighted by atomic mass is 10.1. The molecule has 0 radical (unpaired) electrons. The normalized spacial score (nSPS) is 12.1. The number of carbonyl (C=O) groups is 1. The van der Waals surface area contributed by atoms with Gasteiger partial charge in [-0.15, -0.1) is 0 Å². The van der Waals surface area contributed by atoms with Gasteiger partial charge < -0.3 is 10.1 Å². The second kappa shape index (κ2) is 8.47. The van der Waals surface area contributed by atoms with E-state index in [4.69, 9.17) is 4.74 Å². The van der Waals surface area contributed by atoms with E-state index in [-0.39, 0.29) is 18.7 Å². The topological polar surface area (TPSA) is 91.0 Å². The molecule has 0 unspecified atom stereocenters. The van der Waals surface area contributed by atoms with Crippen molar-refractivity contribution in [2.75, 3.05) is 6.61 Å². The number of hydrogen-bond donors (Lipinski definition) is 1. The fraction of sp³-hybridized carbons (Fsp3) is 0.412. The molecule has 0 aliphatic heterocycles. The summed E-state index contributed by atoms with van der Waals surface area (Å²) in [6, 6.07) is 3.57. The molecule has 0 aliphatic carbocycles. The first-order valence-corrected chi connectivity index (χ1v) is 8.91. The van der Waals surface area contributed by atoms with E-state index in [1.807, 2.05) is 13.0 Å². The smallest absolute Gasteiger partial charge is 0.407 e. The van der Waals surface area contributed by atoms with Gasteiger partial charge in [-0.3, -0.25) is 0 Å². The van der Waals surface area contributed by atoms with Crippen molar-refractivity contribution >= 4 is 22.0 Å². The Labute approximate surface area is 164 Å². The van der Waals surface area contributed by atoms with E-state index in [0.717, 1.165) is 10.2 Å². The number of nitrogens with one attached hydrogen (secondary N) is 1. The van der Waals surface area contributed by atoms with Crippen LogP contribution >= 0.6 is 15.9 Å². The van der Waals surface area contributed by atoms with Crippen LogP contribution in [0.25, 0.3) is 5.82 Å². The van der Waals surface area contributed by atoms with Gasteiger partial charge in [-0.2, -0.15) is 5.10 Å². The van der Waals surface area contributed by atoms with Crippen LogP contribution in [0, 0.1) is 6.92 Å². The lowest BCUT2D eigenvalue weighted by molar-refractivity contribution is 0.145. The number of pyridine rings is 1. The lowest BCUT2D eigenvalue weighted by Crippen LogP contribution is -2.41. The van der Waals surface area contributed by atoms with Crippen LogP contribution < -0.4 is 11.0 Å². The maximum absolute atomic E-state index is 13.2. The van der Waals surface area contributed by atoms with Crippen LogP contribution in [-0.2, 0) is 11.3 Å². The largest absolute Gasteiger partial charge is 0.445 e. The Hall–Kier alpha value is -2.49. The third kappa shape index (κ3) is 5.75. The van der Waals surface area contributed by atoms with Crippen molar-refractivity contribution in [3.63, 3.8) is 0 Å². The molecule has 0 saturated carbocycles. The Bertz CT molecular complexity index is 914. The van der Waals surface area contributed by atoms with Gasteiger partial charge in [0, 0.05) is 11.1 Å². The van der Waals surface area contributed by atoms with Crippen molar-refractivity contribution in [2.45, 2.75) is 39.8 Å². The van der Waals surface area contributed by atoms with E-state index in [9.17, 15) is 14.0 Å². The first-order chi connectivity index (χ1) is 12.6. The lowest BCUT2D eigenvalue weighted by Gasteiger charge is -2.20. The standard InChI is InChI=1S/C17H21BrFN5O3/c1-11-5-6-13(18)21-14(11)23-10-20-24(16(23)26)8-12(7-19)9-27-15(25)22-17(2,3)4/h5-7,10H,8-9H2,1-4H3,(H,22,25)/b12-7+. The number of ether oxygens (including phenoxy) is 1. The molecule has 0 atom stereocenters. The molecule has 0 aromatic carbocycles. The van der Waals surface area contributed by atoms with Crippen LogP contribution in [0.3, 0.4) is 0 Å². The number of hydrogen-bond acceptors (Lipinski definition) is 5. The van der Waals surface area contributed by atoms with Crippen LogP contribution in [-0.4, -0.2) is 37.6 Å². The highest BCUT2D eigenvalue weighted by molar-refractivity contribution is 9.10. The average molecular weight is 442 g/mol. The molecular formula is C17H21BrFN5O3. The number of nitrogens with zero attached hydrogens (tertiary/aromatic N) is 4. The fourth-order valence-corrected chi connectivity index (χ4v) is 2.43. The molecule has 8 nitrogen and oxygen atoms in total. The van der Waals surface area contributed by atoms with Gasteiger partial charge in [0.15, 0.2) is 0 Å². The zero-order valence-electron chi connectivity index (χ0n) is 15.5. The molecule has 0 spiro atoms. The van der Waals surface area contributed by atoms with Gasteiger partial charge in [-0.25, -0.2) is 28.2 Å². The molecular weight excluding hydrogens is 421 g/mol. The summed E-state index contributed by atoms with van der Waals surface area (Å²) < 4.78 is 21.1. The highest BCUT2D eigenvalue weighted by Crippen LogP contribution is 2.14. The quantitative estimate of drug-likeness (QED) is 0.720. The Kier molecular flexibility index (Phi) is 6.53. The summed E-state index contributed by atoms with van der Waals surface area (Å²) in [5, 5.41) is 6.58. The van der Waals surface area contributed by atoms with Crippen molar-refractivity contribution in [1.82, 2.24) is 24.6 Å². The molecule has 27 heavy (non-hydrogen) atoms. The Morgan fingerprint density at radius 1 is 1.41 bits per heavy atom. The molecule has 2 rings (SSSR count). The van der Waals surface area contributed by atoms with Gasteiger partial charge in [0.2, 0.25) is 0 Å². The number of amides is 1. The molecule has 2 aromatic heterocycles. The molecule has 2 aromatic rings. The Morgan fingerprint density at radius 2 is 2.11 bits per heavy atom. The minimum absolute atomic E-state index is 0.0883. The minimum Gasteiger partial charge on any atom is -0.445 e. The number of aromatic nitrogens is 4. The van der Waals surface area contributed by atoms with E-state index >= 15 is 0 Å². The number of aryl methyl sites for hydroxylation is 1. The SMILES string of the molecule is Cc1ccc(Br)nc1-n1cnn(C/C(=C\F)COC(=O)NC(C)(C)C)c1=O. The highest BCUT2D eigenvalue weighted by Gasteiger charge is 2.16. The summed E-state index contributed by atoms with van der Waals surface area (Å²) in [5.41, 5.74) is -0.0860. The predicted octanol–water partition coefficient (Wildman–Crippen LogP) is 2.88. The van der Waals surface area contributed by atoms with Crippen molar-refractivity contribution in [1.29, 1.82) is 0 Å². The second-order valence-corrected chi connectivity index (χ2v) is 7.75. The number of halogens is 2. The Balaban J connectivity index is 2.11. The summed E-state index contributed by atoms with van der Waals surface area (Å²) in [4.78, 5) is 28.5.